The van der Waals surface area contributed by atoms with Gasteiger partial charge < -0.3 is 14.4 Å². The maximum absolute atomic E-state index is 12.2. The SMILES string of the molecule is CCOC(=O)c1nc(N(C)c2cc(C)c(N=c3sc4ccccc4n3COCC[Si](C)(C)C)nn2)sc1Br. The van der Waals surface area contributed by atoms with Gasteiger partial charge >= 0.3 is 5.97 Å². The van der Waals surface area contributed by atoms with Gasteiger partial charge in [-0.15, -0.1) is 10.2 Å². The Morgan fingerprint density at radius 1 is 1.21 bits per heavy atom. The van der Waals surface area contributed by atoms with Gasteiger partial charge in [-0.3, -0.25) is 4.57 Å². The van der Waals surface area contributed by atoms with Crippen molar-refractivity contribution in [3.8, 4) is 0 Å². The van der Waals surface area contributed by atoms with Crippen LogP contribution >= 0.6 is 38.6 Å². The van der Waals surface area contributed by atoms with Gasteiger partial charge in [-0.05, 0) is 59.6 Å². The van der Waals surface area contributed by atoms with Crippen LogP contribution in [0.15, 0.2) is 39.1 Å². The van der Waals surface area contributed by atoms with Crippen molar-refractivity contribution in [2.75, 3.05) is 25.2 Å². The highest BCUT2D eigenvalue weighted by atomic mass is 79.9. The molecule has 0 N–H and O–H groups in total. The van der Waals surface area contributed by atoms with E-state index in [0.29, 0.717) is 27.3 Å². The molecule has 0 atom stereocenters. The third kappa shape index (κ3) is 6.75. The number of hydrogen-bond acceptors (Lipinski definition) is 10. The first kappa shape index (κ1) is 28.6. The van der Waals surface area contributed by atoms with E-state index in [9.17, 15) is 4.79 Å². The number of carbonyl (C=O) groups is 1. The summed E-state index contributed by atoms with van der Waals surface area (Å²) in [5, 5.41) is 9.43. The minimum atomic E-state index is -1.17. The number of halogens is 1. The van der Waals surface area contributed by atoms with Crippen LogP contribution in [-0.4, -0.2) is 54.1 Å². The summed E-state index contributed by atoms with van der Waals surface area (Å²) in [7, 11) is 0.659. The van der Waals surface area contributed by atoms with Gasteiger partial charge in [-0.25, -0.2) is 9.78 Å². The van der Waals surface area contributed by atoms with E-state index in [2.05, 4.69) is 67.5 Å². The number of para-hydroxylation sites is 1. The zero-order valence-electron chi connectivity index (χ0n) is 22.3. The highest BCUT2D eigenvalue weighted by molar-refractivity contribution is 9.11. The molecule has 3 heterocycles. The van der Waals surface area contributed by atoms with Crippen molar-refractivity contribution in [3.05, 3.63) is 50.2 Å². The summed E-state index contributed by atoms with van der Waals surface area (Å²) in [6.07, 6.45) is 0. The Hall–Kier alpha value is -2.45. The monoisotopic (exact) mass is 634 g/mol. The van der Waals surface area contributed by atoms with Gasteiger partial charge in [0.15, 0.2) is 27.3 Å². The Balaban J connectivity index is 1.61. The van der Waals surface area contributed by atoms with Gasteiger partial charge in [0.05, 0.1) is 16.8 Å². The smallest absolute Gasteiger partial charge is 0.359 e. The van der Waals surface area contributed by atoms with Crippen LogP contribution in [0.1, 0.15) is 23.0 Å². The molecule has 0 radical (unpaired) electrons. The summed E-state index contributed by atoms with van der Waals surface area (Å²) in [5.41, 5.74) is 2.20. The van der Waals surface area contributed by atoms with E-state index in [1.54, 1.807) is 23.2 Å². The third-order valence-corrected chi connectivity index (χ3v) is 10.2. The number of aromatic nitrogens is 4. The van der Waals surface area contributed by atoms with E-state index in [1.165, 1.54) is 11.3 Å². The van der Waals surface area contributed by atoms with Gasteiger partial charge in [0.1, 0.15) is 10.5 Å². The molecule has 13 heteroatoms. The Bertz CT molecular complexity index is 1510. The lowest BCUT2D eigenvalue weighted by molar-refractivity contribution is 0.0519. The second-order valence-corrected chi connectivity index (χ2v) is 18.8. The maximum atomic E-state index is 12.2. The predicted octanol–water partition coefficient (Wildman–Crippen LogP) is 6.51. The Kier molecular flexibility index (Phi) is 9.14. The number of hydrogen-bond donors (Lipinski definition) is 0. The number of esters is 1. The molecular formula is C25H31BrN6O3S2Si. The van der Waals surface area contributed by atoms with E-state index >= 15 is 0 Å². The quantitative estimate of drug-likeness (QED) is 0.111. The molecule has 0 saturated heterocycles. The fraction of sp³-hybridized carbons (Fsp3) is 0.400. The number of nitrogens with zero attached hydrogens (tertiary/aromatic N) is 6. The van der Waals surface area contributed by atoms with Crippen molar-refractivity contribution in [2.24, 2.45) is 4.99 Å². The highest BCUT2D eigenvalue weighted by Crippen LogP contribution is 2.34. The number of fused-ring (bicyclic) bond motifs is 1. The summed E-state index contributed by atoms with van der Waals surface area (Å²) < 4.78 is 15.0. The average molecular weight is 636 g/mol. The Morgan fingerprint density at radius 2 is 1.97 bits per heavy atom. The average Bonchev–Trinajstić information content (AvgIpc) is 3.42. The fourth-order valence-corrected chi connectivity index (χ4v) is 6.67. The van der Waals surface area contributed by atoms with Crippen LogP contribution in [0.2, 0.25) is 25.7 Å². The zero-order valence-corrected chi connectivity index (χ0v) is 26.5. The zero-order chi connectivity index (χ0) is 27.4. The summed E-state index contributed by atoms with van der Waals surface area (Å²) in [5.74, 6) is 0.668. The molecule has 0 spiro atoms. The molecule has 0 aliphatic heterocycles. The van der Waals surface area contributed by atoms with Crippen molar-refractivity contribution in [3.63, 3.8) is 0 Å². The van der Waals surface area contributed by atoms with E-state index in [1.807, 2.05) is 32.2 Å². The van der Waals surface area contributed by atoms with Crippen molar-refractivity contribution in [1.82, 2.24) is 19.7 Å². The lowest BCUT2D eigenvalue weighted by Gasteiger charge is -2.16. The van der Waals surface area contributed by atoms with Gasteiger partial charge in [0.25, 0.3) is 0 Å². The lowest BCUT2D eigenvalue weighted by atomic mass is 10.3. The number of rotatable bonds is 10. The van der Waals surface area contributed by atoms with Crippen molar-refractivity contribution < 1.29 is 14.3 Å². The van der Waals surface area contributed by atoms with E-state index in [4.69, 9.17) is 14.5 Å². The number of anilines is 2. The molecule has 38 heavy (non-hydrogen) atoms. The molecular weight excluding hydrogens is 604 g/mol. The van der Waals surface area contributed by atoms with Crippen molar-refractivity contribution in [1.29, 1.82) is 0 Å². The second kappa shape index (κ2) is 12.2. The molecule has 4 aromatic rings. The minimum Gasteiger partial charge on any atom is -0.461 e. The summed E-state index contributed by atoms with van der Waals surface area (Å²) in [6, 6.07) is 11.2. The number of thiazole rings is 2. The molecule has 202 valence electrons. The van der Waals surface area contributed by atoms with Crippen LogP contribution < -0.4 is 9.70 Å². The highest BCUT2D eigenvalue weighted by Gasteiger charge is 2.21. The summed E-state index contributed by atoms with van der Waals surface area (Å²) in [6.45, 7) is 12.2. The molecule has 1 aromatic carbocycles. The van der Waals surface area contributed by atoms with Crippen LogP contribution in [0.5, 0.6) is 0 Å². The number of carbonyl (C=O) groups excluding carboxylic acids is 1. The predicted molar refractivity (Wildman–Crippen MR) is 160 cm³/mol. The topological polar surface area (TPSA) is 94.7 Å². The van der Waals surface area contributed by atoms with E-state index < -0.39 is 14.0 Å². The van der Waals surface area contributed by atoms with Crippen molar-refractivity contribution in [2.45, 2.75) is 46.3 Å². The first-order chi connectivity index (χ1) is 18.1. The van der Waals surface area contributed by atoms with Crippen LogP contribution in [0.3, 0.4) is 0 Å². The maximum Gasteiger partial charge on any atom is 0.359 e. The van der Waals surface area contributed by atoms with Crippen LogP contribution in [0.4, 0.5) is 16.8 Å². The van der Waals surface area contributed by atoms with Crippen LogP contribution in [0, 0.1) is 6.92 Å². The number of ether oxygens (including phenoxy) is 2. The van der Waals surface area contributed by atoms with Gasteiger partial charge in [-0.2, -0.15) is 4.99 Å². The van der Waals surface area contributed by atoms with E-state index in [-0.39, 0.29) is 12.3 Å². The fourth-order valence-electron chi connectivity index (χ4n) is 3.45. The molecule has 9 nitrogen and oxygen atoms in total. The lowest BCUT2D eigenvalue weighted by Crippen LogP contribution is -2.23. The van der Waals surface area contributed by atoms with Gasteiger partial charge in [-0.1, -0.05) is 54.4 Å². The molecule has 0 aliphatic rings. The molecule has 0 fully saturated rings. The third-order valence-electron chi connectivity index (χ3n) is 5.63. The molecule has 3 aromatic heterocycles. The molecule has 0 amide bonds. The standard InChI is InChI=1S/C25H31BrN6O3S2Si/c1-7-35-23(33)20-21(26)37-24(27-20)31(3)19-14-16(2)22(30-29-19)28-25-32(15-34-12-13-38(4,5)6)17-10-8-9-11-18(17)36-25/h8-11,14H,7,12-13,15H2,1-6H3. The molecule has 0 aliphatic carbocycles. The molecule has 0 unspecified atom stereocenters. The normalized spacial score (nSPS) is 12.3. The number of benzene rings is 1. The second-order valence-electron chi connectivity index (χ2n) is 9.85. The summed E-state index contributed by atoms with van der Waals surface area (Å²) in [4.78, 5) is 24.1. The van der Waals surface area contributed by atoms with Crippen molar-refractivity contribution >= 4 is 79.6 Å². The first-order valence-corrected chi connectivity index (χ1v) is 18.3. The molecule has 4 rings (SSSR count). The Labute approximate surface area is 239 Å². The van der Waals surface area contributed by atoms with Crippen LogP contribution in [0.25, 0.3) is 10.2 Å². The number of aryl methyl sites for hydroxylation is 1. The molecule has 0 saturated carbocycles. The van der Waals surface area contributed by atoms with Gasteiger partial charge in [0.2, 0.25) is 0 Å². The van der Waals surface area contributed by atoms with E-state index in [0.717, 1.165) is 33.2 Å². The molecule has 0 bridgehead atoms. The summed E-state index contributed by atoms with van der Waals surface area (Å²) >= 11 is 6.34. The van der Waals surface area contributed by atoms with Crippen LogP contribution in [-0.2, 0) is 16.2 Å². The Morgan fingerprint density at radius 3 is 2.68 bits per heavy atom. The van der Waals surface area contributed by atoms with Gasteiger partial charge in [0, 0.05) is 21.7 Å². The minimum absolute atomic E-state index is 0.247. The first-order valence-electron chi connectivity index (χ1n) is 12.2. The largest absolute Gasteiger partial charge is 0.461 e.